The van der Waals surface area contributed by atoms with E-state index in [9.17, 15) is 20.1 Å². The van der Waals surface area contributed by atoms with Crippen LogP contribution >= 0.6 is 12.2 Å². The minimum atomic E-state index is -1.75. The third-order valence-electron chi connectivity index (χ3n) is 3.77. The van der Waals surface area contributed by atoms with Crippen molar-refractivity contribution in [3.63, 3.8) is 0 Å². The van der Waals surface area contributed by atoms with E-state index in [1.54, 1.807) is 6.92 Å². The van der Waals surface area contributed by atoms with Crippen LogP contribution in [0.1, 0.15) is 19.8 Å². The van der Waals surface area contributed by atoms with Crippen LogP contribution in [0.5, 0.6) is 0 Å². The van der Waals surface area contributed by atoms with Crippen molar-refractivity contribution in [2.45, 2.75) is 56.5 Å². The van der Waals surface area contributed by atoms with E-state index in [1.165, 1.54) is 0 Å². The molecule has 11 heteroatoms. The number of aliphatic hydroxyl groups excluding tert-OH is 6. The number of ether oxygens (including phenoxy) is 2. The summed E-state index contributed by atoms with van der Waals surface area (Å²) in [7, 11) is 0. The molecule has 25 heavy (non-hydrogen) atoms. The van der Waals surface area contributed by atoms with Gasteiger partial charge in [-0.15, -0.1) is 0 Å². The standard InChI is InChI=1S/C14H25NO9S/c1-2-3-9(19)15(14(25)23-7(4-16)5-17)10-12(21)11(20)8(6-18)24-13(10)22/h7-8,10-13,16-18,20-22H,2-6H2,1H3/t8-,10-,11-,12-,13?/m1/s1. The molecule has 0 bridgehead atoms. The molecule has 0 spiro atoms. The highest BCUT2D eigenvalue weighted by molar-refractivity contribution is 7.80. The van der Waals surface area contributed by atoms with Gasteiger partial charge in [-0.2, -0.15) is 0 Å². The maximum Gasteiger partial charge on any atom is 0.267 e. The van der Waals surface area contributed by atoms with Crippen molar-refractivity contribution in [2.24, 2.45) is 0 Å². The smallest absolute Gasteiger partial charge is 0.267 e. The Morgan fingerprint density at radius 1 is 1.20 bits per heavy atom. The predicted molar refractivity (Wildman–Crippen MR) is 87.2 cm³/mol. The maximum atomic E-state index is 12.4. The number of rotatable bonds is 7. The van der Waals surface area contributed by atoms with E-state index in [-0.39, 0.29) is 6.42 Å². The Hall–Kier alpha value is -0.920. The third-order valence-corrected chi connectivity index (χ3v) is 4.06. The van der Waals surface area contributed by atoms with Gasteiger partial charge in [-0.1, -0.05) is 6.92 Å². The van der Waals surface area contributed by atoms with Gasteiger partial charge < -0.3 is 40.1 Å². The molecule has 10 nitrogen and oxygen atoms in total. The Morgan fingerprint density at radius 2 is 1.80 bits per heavy atom. The molecule has 1 amide bonds. The summed E-state index contributed by atoms with van der Waals surface area (Å²) in [5.41, 5.74) is 0. The van der Waals surface area contributed by atoms with E-state index in [1.807, 2.05) is 0 Å². The van der Waals surface area contributed by atoms with Gasteiger partial charge in [0.2, 0.25) is 5.91 Å². The molecule has 1 rings (SSSR count). The zero-order valence-corrected chi connectivity index (χ0v) is 14.6. The number of hydrogen-bond acceptors (Lipinski definition) is 10. The van der Waals surface area contributed by atoms with Crippen LogP contribution in [0.3, 0.4) is 0 Å². The first-order chi connectivity index (χ1) is 11.8. The first-order valence-electron chi connectivity index (χ1n) is 7.87. The lowest BCUT2D eigenvalue weighted by Crippen LogP contribution is -2.66. The summed E-state index contributed by atoms with van der Waals surface area (Å²) in [6.07, 6.45) is -6.90. The molecule has 6 N–H and O–H groups in total. The molecule has 1 heterocycles. The van der Waals surface area contributed by atoms with Crippen LogP contribution in [0.4, 0.5) is 0 Å². The molecule has 5 atom stereocenters. The third kappa shape index (κ3) is 5.28. The van der Waals surface area contributed by atoms with Crippen LogP contribution in [-0.2, 0) is 14.3 Å². The fourth-order valence-electron chi connectivity index (χ4n) is 2.42. The van der Waals surface area contributed by atoms with Crippen LogP contribution in [-0.4, -0.2) is 103 Å². The number of hydrogen-bond donors (Lipinski definition) is 6. The van der Waals surface area contributed by atoms with Crippen LogP contribution in [0.15, 0.2) is 0 Å². The van der Waals surface area contributed by atoms with Gasteiger partial charge in [-0.3, -0.25) is 9.69 Å². The topological polar surface area (TPSA) is 160 Å². The highest BCUT2D eigenvalue weighted by Gasteiger charge is 2.49. The van der Waals surface area contributed by atoms with Gasteiger partial charge in [-0.05, 0) is 18.6 Å². The molecule has 0 aromatic carbocycles. The molecule has 146 valence electrons. The Kier molecular flexibility index (Phi) is 9.10. The lowest BCUT2D eigenvalue weighted by molar-refractivity contribution is -0.266. The average molecular weight is 383 g/mol. The van der Waals surface area contributed by atoms with E-state index in [2.05, 4.69) is 0 Å². The van der Waals surface area contributed by atoms with Gasteiger partial charge in [0.1, 0.15) is 30.5 Å². The minimum absolute atomic E-state index is 0.00187. The van der Waals surface area contributed by atoms with Gasteiger partial charge >= 0.3 is 0 Å². The van der Waals surface area contributed by atoms with Crippen molar-refractivity contribution in [1.82, 2.24) is 4.90 Å². The van der Waals surface area contributed by atoms with Crippen LogP contribution in [0, 0.1) is 0 Å². The summed E-state index contributed by atoms with van der Waals surface area (Å²) in [6, 6.07) is -1.48. The number of aliphatic hydroxyl groups is 6. The maximum absolute atomic E-state index is 12.4. The van der Waals surface area contributed by atoms with E-state index < -0.39 is 67.7 Å². The van der Waals surface area contributed by atoms with Gasteiger partial charge in [-0.25, -0.2) is 0 Å². The molecule has 0 aromatic heterocycles. The number of amides is 1. The molecular formula is C14H25NO9S. The monoisotopic (exact) mass is 383 g/mol. The minimum Gasteiger partial charge on any atom is -0.462 e. The van der Waals surface area contributed by atoms with Gasteiger partial charge in [0.15, 0.2) is 6.29 Å². The lowest BCUT2D eigenvalue weighted by atomic mass is 9.95. The molecule has 1 aliphatic heterocycles. The van der Waals surface area contributed by atoms with Crippen molar-refractivity contribution < 1.29 is 44.9 Å². The highest BCUT2D eigenvalue weighted by Crippen LogP contribution is 2.25. The molecule has 1 aliphatic rings. The second kappa shape index (κ2) is 10.3. The normalized spacial score (nSPS) is 29.5. The summed E-state index contributed by atoms with van der Waals surface area (Å²) in [6.45, 7) is -0.0735. The van der Waals surface area contributed by atoms with Crippen LogP contribution < -0.4 is 0 Å². The average Bonchev–Trinajstić information content (AvgIpc) is 2.59. The molecule has 0 saturated carbocycles. The number of carbonyl (C=O) groups excluding carboxylic acids is 1. The summed E-state index contributed by atoms with van der Waals surface area (Å²) >= 11 is 5.01. The Labute approximate surface area is 150 Å². The Balaban J connectivity index is 3.09. The van der Waals surface area contributed by atoms with E-state index in [4.69, 9.17) is 37.0 Å². The van der Waals surface area contributed by atoms with Gasteiger partial charge in [0, 0.05) is 6.42 Å². The molecule has 1 unspecified atom stereocenters. The van der Waals surface area contributed by atoms with Crippen molar-refractivity contribution in [3.8, 4) is 0 Å². The van der Waals surface area contributed by atoms with Gasteiger partial charge in [0.25, 0.3) is 5.17 Å². The SMILES string of the molecule is CCCC(=O)N(C(=S)OC(CO)CO)[C@H]1C(O)O[C@H](CO)[C@@H](O)[C@@H]1O. The van der Waals surface area contributed by atoms with Gasteiger partial charge in [0.05, 0.1) is 19.8 Å². The fraction of sp³-hybridized carbons (Fsp3) is 0.857. The van der Waals surface area contributed by atoms with Crippen LogP contribution in [0.2, 0.25) is 0 Å². The van der Waals surface area contributed by atoms with Crippen molar-refractivity contribution >= 4 is 23.3 Å². The summed E-state index contributed by atoms with van der Waals surface area (Å²) < 4.78 is 10.2. The van der Waals surface area contributed by atoms with E-state index in [0.717, 1.165) is 4.90 Å². The lowest BCUT2D eigenvalue weighted by Gasteiger charge is -2.44. The number of thiocarbonyl (C=S) groups is 1. The largest absolute Gasteiger partial charge is 0.462 e. The Bertz CT molecular complexity index is 448. The zero-order chi connectivity index (χ0) is 19.1. The molecule has 1 fully saturated rings. The molecule has 0 radical (unpaired) electrons. The fourth-order valence-corrected chi connectivity index (χ4v) is 2.78. The number of nitrogens with zero attached hydrogens (tertiary/aromatic N) is 1. The van der Waals surface area contributed by atoms with E-state index in [0.29, 0.717) is 6.42 Å². The Morgan fingerprint density at radius 3 is 2.28 bits per heavy atom. The van der Waals surface area contributed by atoms with Crippen molar-refractivity contribution in [2.75, 3.05) is 19.8 Å². The second-order valence-electron chi connectivity index (χ2n) is 5.60. The first-order valence-corrected chi connectivity index (χ1v) is 8.28. The molecular weight excluding hydrogens is 358 g/mol. The van der Waals surface area contributed by atoms with Crippen molar-refractivity contribution in [3.05, 3.63) is 0 Å². The summed E-state index contributed by atoms with van der Waals surface area (Å²) in [5, 5.41) is 57.2. The van der Waals surface area contributed by atoms with Crippen LogP contribution in [0.25, 0.3) is 0 Å². The molecule has 0 aromatic rings. The molecule has 0 aliphatic carbocycles. The zero-order valence-electron chi connectivity index (χ0n) is 13.8. The number of carbonyl (C=O) groups is 1. The van der Waals surface area contributed by atoms with Crippen molar-refractivity contribution in [1.29, 1.82) is 0 Å². The summed E-state index contributed by atoms with van der Waals surface area (Å²) in [5.74, 6) is -0.608. The first kappa shape index (κ1) is 22.1. The quantitative estimate of drug-likeness (QED) is 0.251. The molecule has 1 saturated heterocycles. The highest BCUT2D eigenvalue weighted by atomic mass is 32.1. The second-order valence-corrected chi connectivity index (χ2v) is 5.95. The summed E-state index contributed by atoms with van der Waals surface area (Å²) in [4.78, 5) is 13.2. The predicted octanol–water partition coefficient (Wildman–Crippen LogP) is -2.93. The van der Waals surface area contributed by atoms with E-state index >= 15 is 0 Å².